The molecule has 1 amide bonds. The van der Waals surface area contributed by atoms with E-state index in [1.54, 1.807) is 36.4 Å². The summed E-state index contributed by atoms with van der Waals surface area (Å²) in [5, 5.41) is 13.4. The van der Waals surface area contributed by atoms with Crippen LogP contribution in [0.1, 0.15) is 33.2 Å². The lowest BCUT2D eigenvalue weighted by Gasteiger charge is -2.09. The summed E-state index contributed by atoms with van der Waals surface area (Å²) in [6.07, 6.45) is 0.906. The first-order chi connectivity index (χ1) is 14.5. The molecule has 7 heteroatoms. The Morgan fingerprint density at radius 3 is 2.27 bits per heavy atom. The number of benzene rings is 3. The van der Waals surface area contributed by atoms with Gasteiger partial charge in [0.1, 0.15) is 5.75 Å². The Morgan fingerprint density at radius 2 is 1.63 bits per heavy atom. The number of aryl methyl sites for hydroxylation is 1. The number of non-ortho nitro benzene ring substituents is 1. The van der Waals surface area contributed by atoms with E-state index in [1.807, 2.05) is 19.1 Å². The number of hydrogen-bond donors (Lipinski definition) is 1. The highest BCUT2D eigenvalue weighted by Crippen LogP contribution is 2.19. The van der Waals surface area contributed by atoms with Crippen LogP contribution in [0.5, 0.6) is 5.75 Å². The van der Waals surface area contributed by atoms with Crippen LogP contribution in [0.2, 0.25) is 0 Å². The molecule has 0 atom stereocenters. The van der Waals surface area contributed by atoms with Gasteiger partial charge in [-0.2, -0.15) is 0 Å². The second kappa shape index (κ2) is 9.47. The van der Waals surface area contributed by atoms with E-state index >= 15 is 0 Å². The van der Waals surface area contributed by atoms with Gasteiger partial charge in [0.2, 0.25) is 0 Å². The maximum Gasteiger partial charge on any atom is 0.269 e. The number of hydrogen-bond acceptors (Lipinski definition) is 5. The SMILES string of the molecule is CCc1ccc(C(=O)COc2cccc(NC(=O)c3ccc([N+](=O)[O-])cc3)c2)cc1. The number of nitrogens with zero attached hydrogens (tertiary/aromatic N) is 1. The van der Waals surface area contributed by atoms with Gasteiger partial charge in [-0.25, -0.2) is 0 Å². The van der Waals surface area contributed by atoms with Crippen LogP contribution in [0.4, 0.5) is 11.4 Å². The highest BCUT2D eigenvalue weighted by molar-refractivity contribution is 6.04. The molecule has 0 unspecified atom stereocenters. The van der Waals surface area contributed by atoms with Gasteiger partial charge >= 0.3 is 0 Å². The molecule has 0 heterocycles. The number of carbonyl (C=O) groups is 2. The second-order valence-corrected chi connectivity index (χ2v) is 6.55. The largest absolute Gasteiger partial charge is 0.485 e. The molecule has 7 nitrogen and oxygen atoms in total. The molecule has 3 aromatic carbocycles. The number of carbonyl (C=O) groups excluding carboxylic acids is 2. The maximum atomic E-state index is 12.3. The second-order valence-electron chi connectivity index (χ2n) is 6.55. The van der Waals surface area contributed by atoms with E-state index in [0.717, 1.165) is 12.0 Å². The summed E-state index contributed by atoms with van der Waals surface area (Å²) >= 11 is 0. The number of ketones is 1. The van der Waals surface area contributed by atoms with Crippen molar-refractivity contribution in [3.05, 3.63) is 99.6 Å². The van der Waals surface area contributed by atoms with Crippen molar-refractivity contribution >= 4 is 23.1 Å². The topological polar surface area (TPSA) is 98.5 Å². The Morgan fingerprint density at radius 1 is 0.967 bits per heavy atom. The smallest absolute Gasteiger partial charge is 0.269 e. The van der Waals surface area contributed by atoms with Crippen molar-refractivity contribution in [2.45, 2.75) is 13.3 Å². The minimum atomic E-state index is -0.526. The number of nitro groups is 1. The van der Waals surface area contributed by atoms with Crippen LogP contribution in [0, 0.1) is 10.1 Å². The quantitative estimate of drug-likeness (QED) is 0.334. The van der Waals surface area contributed by atoms with Crippen LogP contribution >= 0.6 is 0 Å². The first-order valence-corrected chi connectivity index (χ1v) is 9.37. The van der Waals surface area contributed by atoms with Crippen molar-refractivity contribution in [3.8, 4) is 5.75 Å². The molecule has 0 radical (unpaired) electrons. The van der Waals surface area contributed by atoms with Crippen LogP contribution in [0.25, 0.3) is 0 Å². The normalized spacial score (nSPS) is 10.3. The number of ether oxygens (including phenoxy) is 1. The molecule has 152 valence electrons. The van der Waals surface area contributed by atoms with Gasteiger partial charge in [-0.1, -0.05) is 37.3 Å². The average molecular weight is 404 g/mol. The summed E-state index contributed by atoms with van der Waals surface area (Å²) in [6, 6.07) is 19.4. The number of Topliss-reactive ketones (excluding diaryl/α,β-unsaturated/α-hetero) is 1. The molecule has 0 saturated carbocycles. The van der Waals surface area contributed by atoms with Gasteiger partial charge in [-0.15, -0.1) is 0 Å². The monoisotopic (exact) mass is 404 g/mol. The summed E-state index contributed by atoms with van der Waals surface area (Å²) < 4.78 is 5.57. The molecule has 0 aliphatic rings. The average Bonchev–Trinajstić information content (AvgIpc) is 2.77. The predicted octanol–water partition coefficient (Wildman–Crippen LogP) is 4.67. The molecule has 0 aromatic heterocycles. The standard InChI is InChI=1S/C23H20N2O5/c1-2-16-6-8-17(9-7-16)22(26)15-30-21-5-3-4-19(14-21)24-23(27)18-10-12-20(13-11-18)25(28)29/h3-14H,2,15H2,1H3,(H,24,27). The molecule has 0 aliphatic heterocycles. The molecule has 0 aliphatic carbocycles. The molecule has 1 N–H and O–H groups in total. The minimum absolute atomic E-state index is 0.0871. The fourth-order valence-corrected chi connectivity index (χ4v) is 2.76. The Hall–Kier alpha value is -4.00. The molecule has 0 saturated heterocycles. The molecule has 0 bridgehead atoms. The lowest BCUT2D eigenvalue weighted by atomic mass is 10.1. The first-order valence-electron chi connectivity index (χ1n) is 9.37. The van der Waals surface area contributed by atoms with Crippen molar-refractivity contribution in [1.29, 1.82) is 0 Å². The maximum absolute atomic E-state index is 12.3. The highest BCUT2D eigenvalue weighted by atomic mass is 16.6. The van der Waals surface area contributed by atoms with Crippen LogP contribution in [0.3, 0.4) is 0 Å². The zero-order valence-electron chi connectivity index (χ0n) is 16.3. The van der Waals surface area contributed by atoms with Crippen molar-refractivity contribution in [3.63, 3.8) is 0 Å². The molecular weight excluding hydrogens is 384 g/mol. The molecule has 0 fully saturated rings. The van der Waals surface area contributed by atoms with Crippen LogP contribution in [-0.2, 0) is 6.42 Å². The summed E-state index contributed by atoms with van der Waals surface area (Å²) in [5.74, 6) is -0.109. The summed E-state index contributed by atoms with van der Waals surface area (Å²) in [4.78, 5) is 34.8. The number of amides is 1. The third-order valence-electron chi connectivity index (χ3n) is 4.49. The van der Waals surface area contributed by atoms with E-state index in [-0.39, 0.29) is 23.6 Å². The number of nitro benzene ring substituents is 1. The number of nitrogens with one attached hydrogen (secondary N) is 1. The van der Waals surface area contributed by atoms with Crippen molar-refractivity contribution in [2.75, 3.05) is 11.9 Å². The van der Waals surface area contributed by atoms with Gasteiger partial charge in [0, 0.05) is 35.0 Å². The van der Waals surface area contributed by atoms with Crippen LogP contribution < -0.4 is 10.1 Å². The Labute approximate surface area is 173 Å². The summed E-state index contributed by atoms with van der Waals surface area (Å²) in [6.45, 7) is 1.93. The van der Waals surface area contributed by atoms with Gasteiger partial charge in [0.15, 0.2) is 12.4 Å². The van der Waals surface area contributed by atoms with E-state index in [9.17, 15) is 19.7 Å². The molecule has 3 rings (SSSR count). The Bertz CT molecular complexity index is 1060. The van der Waals surface area contributed by atoms with E-state index in [1.165, 1.54) is 24.3 Å². The lowest BCUT2D eigenvalue weighted by Crippen LogP contribution is -2.13. The van der Waals surface area contributed by atoms with Gasteiger partial charge in [0.05, 0.1) is 4.92 Å². The first kappa shape index (κ1) is 20.7. The van der Waals surface area contributed by atoms with Gasteiger partial charge in [-0.3, -0.25) is 19.7 Å². The predicted molar refractivity (Wildman–Crippen MR) is 113 cm³/mol. The fourth-order valence-electron chi connectivity index (χ4n) is 2.76. The Kier molecular flexibility index (Phi) is 6.54. The van der Waals surface area contributed by atoms with E-state index < -0.39 is 10.8 Å². The van der Waals surface area contributed by atoms with Crippen LogP contribution in [0.15, 0.2) is 72.8 Å². The lowest BCUT2D eigenvalue weighted by molar-refractivity contribution is -0.384. The third-order valence-corrected chi connectivity index (χ3v) is 4.49. The third kappa shape index (κ3) is 5.29. The zero-order chi connectivity index (χ0) is 21.5. The van der Waals surface area contributed by atoms with E-state index in [4.69, 9.17) is 4.74 Å². The zero-order valence-corrected chi connectivity index (χ0v) is 16.3. The van der Waals surface area contributed by atoms with Gasteiger partial charge < -0.3 is 10.1 Å². The molecule has 3 aromatic rings. The molecule has 30 heavy (non-hydrogen) atoms. The van der Waals surface area contributed by atoms with E-state index in [0.29, 0.717) is 17.0 Å². The summed E-state index contributed by atoms with van der Waals surface area (Å²) in [7, 11) is 0. The van der Waals surface area contributed by atoms with E-state index in [2.05, 4.69) is 5.32 Å². The number of anilines is 1. The summed E-state index contributed by atoms with van der Waals surface area (Å²) in [5.41, 5.74) is 2.42. The molecule has 0 spiro atoms. The minimum Gasteiger partial charge on any atom is -0.485 e. The van der Waals surface area contributed by atoms with Crippen molar-refractivity contribution < 1.29 is 19.2 Å². The van der Waals surface area contributed by atoms with Gasteiger partial charge in [0.25, 0.3) is 11.6 Å². The van der Waals surface area contributed by atoms with Crippen molar-refractivity contribution in [2.24, 2.45) is 0 Å². The van der Waals surface area contributed by atoms with Crippen molar-refractivity contribution in [1.82, 2.24) is 0 Å². The highest BCUT2D eigenvalue weighted by Gasteiger charge is 2.11. The number of rotatable bonds is 8. The Balaban J connectivity index is 1.60. The molecular formula is C23H20N2O5. The fraction of sp³-hybridized carbons (Fsp3) is 0.130. The van der Waals surface area contributed by atoms with Crippen LogP contribution in [-0.4, -0.2) is 23.2 Å². The van der Waals surface area contributed by atoms with Gasteiger partial charge in [-0.05, 0) is 36.2 Å².